The average Bonchev–Trinajstić information content (AvgIpc) is 2.83. The van der Waals surface area contributed by atoms with Crippen molar-refractivity contribution in [1.29, 1.82) is 0 Å². The van der Waals surface area contributed by atoms with Gasteiger partial charge in [0.25, 0.3) is 0 Å². The lowest BCUT2D eigenvalue weighted by molar-refractivity contribution is -0.140. The third-order valence-corrected chi connectivity index (χ3v) is 4.47. The van der Waals surface area contributed by atoms with Crippen LogP contribution in [-0.4, -0.2) is 26.8 Å². The van der Waals surface area contributed by atoms with Crippen molar-refractivity contribution in [3.8, 4) is 0 Å². The fourth-order valence-electron chi connectivity index (χ4n) is 2.95. The molecule has 0 saturated heterocycles. The number of aryl methyl sites for hydroxylation is 2. The zero-order valence-corrected chi connectivity index (χ0v) is 12.5. The smallest absolute Gasteiger partial charge is 0.307 e. The standard InChI is InChI=1S/C14H21N3O3/c1-7-9(8(2)17(5)16-7)6-15-12(18)10-11(13(19)20)14(10,3)4/h10-11H,6H2,1-5H3,(H,15,18)(H,19,20)/t10-,11-/m0/s1. The molecule has 0 radical (unpaired) electrons. The van der Waals surface area contributed by atoms with Crippen LogP contribution in [0.5, 0.6) is 0 Å². The molecular weight excluding hydrogens is 258 g/mol. The van der Waals surface area contributed by atoms with E-state index < -0.39 is 23.2 Å². The molecule has 1 saturated carbocycles. The lowest BCUT2D eigenvalue weighted by atomic mass is 10.1. The molecule has 1 aliphatic carbocycles. The van der Waals surface area contributed by atoms with Crippen LogP contribution in [0.3, 0.4) is 0 Å². The first kappa shape index (κ1) is 14.6. The Labute approximate surface area is 118 Å². The summed E-state index contributed by atoms with van der Waals surface area (Å²) in [6.45, 7) is 7.87. The predicted octanol–water partition coefficient (Wildman–Crippen LogP) is 1.01. The number of aliphatic carboxylic acids is 1. The second-order valence-corrected chi connectivity index (χ2v) is 6.11. The highest BCUT2D eigenvalue weighted by Gasteiger charge is 2.65. The van der Waals surface area contributed by atoms with E-state index in [0.717, 1.165) is 17.0 Å². The van der Waals surface area contributed by atoms with Gasteiger partial charge >= 0.3 is 5.97 Å². The molecular formula is C14H21N3O3. The van der Waals surface area contributed by atoms with E-state index in [-0.39, 0.29) is 5.91 Å². The van der Waals surface area contributed by atoms with Crippen LogP contribution in [0, 0.1) is 31.1 Å². The van der Waals surface area contributed by atoms with Crippen molar-refractivity contribution in [3.63, 3.8) is 0 Å². The molecule has 2 rings (SSSR count). The fourth-order valence-corrected chi connectivity index (χ4v) is 2.95. The summed E-state index contributed by atoms with van der Waals surface area (Å²) >= 11 is 0. The molecule has 6 nitrogen and oxygen atoms in total. The van der Waals surface area contributed by atoms with E-state index in [1.807, 2.05) is 34.7 Å². The van der Waals surface area contributed by atoms with Gasteiger partial charge < -0.3 is 10.4 Å². The van der Waals surface area contributed by atoms with Gasteiger partial charge in [-0.25, -0.2) is 0 Å². The highest BCUT2D eigenvalue weighted by atomic mass is 16.4. The largest absolute Gasteiger partial charge is 0.481 e. The van der Waals surface area contributed by atoms with Crippen LogP contribution in [0.25, 0.3) is 0 Å². The van der Waals surface area contributed by atoms with Crippen molar-refractivity contribution in [3.05, 3.63) is 17.0 Å². The van der Waals surface area contributed by atoms with Gasteiger partial charge in [-0.15, -0.1) is 0 Å². The van der Waals surface area contributed by atoms with Gasteiger partial charge in [0.05, 0.1) is 17.5 Å². The van der Waals surface area contributed by atoms with Gasteiger partial charge in [-0.1, -0.05) is 13.8 Å². The van der Waals surface area contributed by atoms with Gasteiger partial charge in [-0.05, 0) is 19.3 Å². The Balaban J connectivity index is 2.02. The van der Waals surface area contributed by atoms with Crippen LogP contribution in [0.4, 0.5) is 0 Å². The van der Waals surface area contributed by atoms with Gasteiger partial charge in [0.1, 0.15) is 0 Å². The molecule has 2 atom stereocenters. The highest BCUT2D eigenvalue weighted by Crippen LogP contribution is 2.58. The van der Waals surface area contributed by atoms with Gasteiger partial charge in [0.2, 0.25) is 5.91 Å². The van der Waals surface area contributed by atoms with E-state index in [2.05, 4.69) is 10.4 Å². The quantitative estimate of drug-likeness (QED) is 0.861. The van der Waals surface area contributed by atoms with Crippen LogP contribution in [0.15, 0.2) is 0 Å². The number of carbonyl (C=O) groups is 2. The molecule has 1 heterocycles. The Morgan fingerprint density at radius 2 is 1.95 bits per heavy atom. The van der Waals surface area contributed by atoms with Gasteiger partial charge in [0, 0.05) is 24.8 Å². The van der Waals surface area contributed by atoms with Crippen molar-refractivity contribution in [2.45, 2.75) is 34.2 Å². The van der Waals surface area contributed by atoms with Gasteiger partial charge in [-0.3, -0.25) is 14.3 Å². The number of aromatic nitrogens is 2. The highest BCUT2D eigenvalue weighted by molar-refractivity contribution is 5.91. The van der Waals surface area contributed by atoms with Crippen molar-refractivity contribution >= 4 is 11.9 Å². The molecule has 0 unspecified atom stereocenters. The molecule has 1 amide bonds. The second kappa shape index (κ2) is 4.61. The number of carbonyl (C=O) groups excluding carboxylic acids is 1. The van der Waals surface area contributed by atoms with Crippen LogP contribution in [0.1, 0.15) is 30.8 Å². The number of hydrogen-bond acceptors (Lipinski definition) is 3. The number of nitrogens with zero attached hydrogens (tertiary/aromatic N) is 2. The summed E-state index contributed by atoms with van der Waals surface area (Å²) in [6.07, 6.45) is 0. The number of nitrogens with one attached hydrogen (secondary N) is 1. The molecule has 0 spiro atoms. The maximum Gasteiger partial charge on any atom is 0.307 e. The Morgan fingerprint density at radius 1 is 1.35 bits per heavy atom. The molecule has 20 heavy (non-hydrogen) atoms. The average molecular weight is 279 g/mol. The summed E-state index contributed by atoms with van der Waals surface area (Å²) in [5.74, 6) is -2.12. The van der Waals surface area contributed by atoms with Crippen LogP contribution < -0.4 is 5.32 Å². The van der Waals surface area contributed by atoms with E-state index in [1.165, 1.54) is 0 Å². The third kappa shape index (κ3) is 2.19. The summed E-state index contributed by atoms with van der Waals surface area (Å²) < 4.78 is 1.78. The Morgan fingerprint density at radius 3 is 2.35 bits per heavy atom. The molecule has 1 fully saturated rings. The van der Waals surface area contributed by atoms with E-state index >= 15 is 0 Å². The summed E-state index contributed by atoms with van der Waals surface area (Å²) in [7, 11) is 1.86. The first-order valence-electron chi connectivity index (χ1n) is 6.67. The monoisotopic (exact) mass is 279 g/mol. The van der Waals surface area contributed by atoms with Crippen molar-refractivity contribution in [1.82, 2.24) is 15.1 Å². The molecule has 1 aliphatic rings. The number of rotatable bonds is 4. The predicted molar refractivity (Wildman–Crippen MR) is 72.9 cm³/mol. The number of amides is 1. The lowest BCUT2D eigenvalue weighted by Gasteiger charge is -2.06. The Bertz CT molecular complexity index is 574. The van der Waals surface area contributed by atoms with E-state index in [1.54, 1.807) is 4.68 Å². The summed E-state index contributed by atoms with van der Waals surface area (Å²) in [5.41, 5.74) is 2.42. The first-order chi connectivity index (χ1) is 9.17. The summed E-state index contributed by atoms with van der Waals surface area (Å²) in [6, 6.07) is 0. The first-order valence-corrected chi connectivity index (χ1v) is 6.67. The van der Waals surface area contributed by atoms with Gasteiger partial charge in [-0.2, -0.15) is 5.10 Å². The molecule has 1 aromatic rings. The minimum absolute atomic E-state index is 0.190. The molecule has 2 N–H and O–H groups in total. The van der Waals surface area contributed by atoms with Gasteiger partial charge in [0.15, 0.2) is 0 Å². The SMILES string of the molecule is Cc1nn(C)c(C)c1CNC(=O)[C@@H]1[C@@H](C(=O)O)C1(C)C. The number of carboxylic acids is 1. The van der Waals surface area contributed by atoms with E-state index in [0.29, 0.717) is 6.54 Å². The zero-order chi connectivity index (χ0) is 15.2. The van der Waals surface area contributed by atoms with Crippen LogP contribution >= 0.6 is 0 Å². The van der Waals surface area contributed by atoms with E-state index in [9.17, 15) is 9.59 Å². The molecule has 1 aromatic heterocycles. The fraction of sp³-hybridized carbons (Fsp3) is 0.643. The minimum atomic E-state index is -0.899. The van der Waals surface area contributed by atoms with Crippen LogP contribution in [0.2, 0.25) is 0 Å². The normalized spacial score (nSPS) is 23.4. The second-order valence-electron chi connectivity index (χ2n) is 6.11. The third-order valence-electron chi connectivity index (χ3n) is 4.47. The number of hydrogen-bond donors (Lipinski definition) is 2. The summed E-state index contributed by atoms with van der Waals surface area (Å²) in [4.78, 5) is 23.2. The molecule has 0 bridgehead atoms. The summed E-state index contributed by atoms with van der Waals surface area (Å²) in [5, 5.41) is 16.2. The maximum absolute atomic E-state index is 12.1. The molecule has 6 heteroatoms. The minimum Gasteiger partial charge on any atom is -0.481 e. The molecule has 110 valence electrons. The Kier molecular flexibility index (Phi) is 3.36. The van der Waals surface area contributed by atoms with Crippen molar-refractivity contribution in [2.24, 2.45) is 24.3 Å². The lowest BCUT2D eigenvalue weighted by Crippen LogP contribution is -2.27. The zero-order valence-electron chi connectivity index (χ0n) is 12.5. The molecule has 0 aliphatic heterocycles. The van der Waals surface area contributed by atoms with Crippen molar-refractivity contribution in [2.75, 3.05) is 0 Å². The topological polar surface area (TPSA) is 84.2 Å². The van der Waals surface area contributed by atoms with E-state index in [4.69, 9.17) is 5.11 Å². The Hall–Kier alpha value is -1.85. The van der Waals surface area contributed by atoms with Crippen molar-refractivity contribution < 1.29 is 14.7 Å². The number of carboxylic acid groups (broad SMARTS) is 1. The van der Waals surface area contributed by atoms with Crippen LogP contribution in [-0.2, 0) is 23.2 Å². The molecule has 0 aromatic carbocycles. The maximum atomic E-state index is 12.1.